The molecule has 78 valence electrons. The Hall–Kier alpha value is -1.38. The van der Waals surface area contributed by atoms with Crippen molar-refractivity contribution in [2.75, 3.05) is 0 Å². The molecule has 0 spiro atoms. The van der Waals surface area contributed by atoms with Crippen LogP contribution in [0.4, 0.5) is 0 Å². The number of hydrogen-bond acceptors (Lipinski definition) is 2. The fraction of sp³-hybridized carbons (Fsp3) is 0. The lowest BCUT2D eigenvalue weighted by Gasteiger charge is -2.02. The van der Waals surface area contributed by atoms with Gasteiger partial charge in [-0.05, 0) is 10.8 Å². The average Bonchev–Trinajstić information content (AvgIpc) is 2.75. The van der Waals surface area contributed by atoms with E-state index in [0.717, 1.165) is 11.3 Å². The van der Waals surface area contributed by atoms with Gasteiger partial charge in [-0.3, -0.25) is 0 Å². The maximum atomic E-state index is 5.87. The van der Waals surface area contributed by atoms with Crippen LogP contribution in [0.1, 0.15) is 0 Å². The molecule has 3 heteroatoms. The summed E-state index contributed by atoms with van der Waals surface area (Å²) in [4.78, 5) is 4.32. The van der Waals surface area contributed by atoms with E-state index in [1.54, 1.807) is 0 Å². The first kappa shape index (κ1) is 9.82. The van der Waals surface area contributed by atoms with E-state index in [1.165, 1.54) is 22.1 Å². The first-order valence-electron chi connectivity index (χ1n) is 4.94. The molecule has 0 unspecified atom stereocenters. The van der Waals surface area contributed by atoms with Gasteiger partial charge in [0, 0.05) is 10.9 Å². The van der Waals surface area contributed by atoms with Crippen molar-refractivity contribution in [3.8, 4) is 11.3 Å². The van der Waals surface area contributed by atoms with Crippen molar-refractivity contribution in [2.24, 2.45) is 0 Å². The van der Waals surface area contributed by atoms with Crippen LogP contribution < -0.4 is 0 Å². The van der Waals surface area contributed by atoms with Crippen molar-refractivity contribution < 1.29 is 0 Å². The van der Waals surface area contributed by atoms with E-state index in [9.17, 15) is 0 Å². The summed E-state index contributed by atoms with van der Waals surface area (Å²) in [6.45, 7) is 0. The van der Waals surface area contributed by atoms with Gasteiger partial charge in [-0.15, -0.1) is 11.3 Å². The molecule has 3 aromatic rings. The quantitative estimate of drug-likeness (QED) is 0.610. The average molecular weight is 246 g/mol. The van der Waals surface area contributed by atoms with Crippen molar-refractivity contribution in [1.82, 2.24) is 4.98 Å². The maximum absolute atomic E-state index is 5.87. The van der Waals surface area contributed by atoms with Gasteiger partial charge in [-0.2, -0.15) is 0 Å². The molecule has 0 fully saturated rings. The molecule has 2 aromatic carbocycles. The lowest BCUT2D eigenvalue weighted by molar-refractivity contribution is 1.42. The van der Waals surface area contributed by atoms with Gasteiger partial charge in [-0.1, -0.05) is 54.1 Å². The Bertz CT molecular complexity index is 640. The van der Waals surface area contributed by atoms with Gasteiger partial charge in [0.25, 0.3) is 0 Å². The van der Waals surface area contributed by atoms with E-state index in [2.05, 4.69) is 29.2 Å². The lowest BCUT2D eigenvalue weighted by Crippen LogP contribution is -1.80. The number of rotatable bonds is 1. The molecule has 0 amide bonds. The van der Waals surface area contributed by atoms with Gasteiger partial charge in [0.05, 0.1) is 5.69 Å². The van der Waals surface area contributed by atoms with E-state index in [4.69, 9.17) is 11.6 Å². The third kappa shape index (κ3) is 1.60. The zero-order valence-electron chi connectivity index (χ0n) is 8.35. The molecule has 0 saturated carbocycles. The predicted molar refractivity (Wildman–Crippen MR) is 70.1 cm³/mol. The third-order valence-corrected chi connectivity index (χ3v) is 3.52. The van der Waals surface area contributed by atoms with Crippen LogP contribution in [-0.4, -0.2) is 4.98 Å². The summed E-state index contributed by atoms with van der Waals surface area (Å²) in [5.74, 6) is 0. The fourth-order valence-corrected chi connectivity index (χ4v) is 2.59. The van der Waals surface area contributed by atoms with E-state index in [1.807, 2.05) is 23.6 Å². The molecular weight excluding hydrogens is 238 g/mol. The van der Waals surface area contributed by atoms with Crippen LogP contribution in [-0.2, 0) is 0 Å². The Morgan fingerprint density at radius 3 is 2.62 bits per heavy atom. The standard InChI is InChI=1S/C13H8ClNS/c14-13-15-12(8-16-13)11-7-3-5-9-4-1-2-6-10(9)11/h1-8H. The van der Waals surface area contributed by atoms with E-state index >= 15 is 0 Å². The molecule has 0 N–H and O–H groups in total. The molecule has 3 rings (SSSR count). The Labute approximate surface area is 102 Å². The van der Waals surface area contributed by atoms with Gasteiger partial charge in [0.15, 0.2) is 4.47 Å². The number of thiazole rings is 1. The minimum absolute atomic E-state index is 0.586. The Balaban J connectivity index is 2.31. The minimum Gasteiger partial charge on any atom is -0.225 e. The molecule has 0 aliphatic carbocycles. The highest BCUT2D eigenvalue weighted by Gasteiger charge is 2.06. The normalized spacial score (nSPS) is 10.8. The molecule has 0 atom stereocenters. The van der Waals surface area contributed by atoms with Crippen molar-refractivity contribution in [3.63, 3.8) is 0 Å². The van der Waals surface area contributed by atoms with Crippen LogP contribution in [0.2, 0.25) is 4.47 Å². The first-order valence-corrected chi connectivity index (χ1v) is 6.19. The smallest absolute Gasteiger partial charge is 0.184 e. The van der Waals surface area contributed by atoms with Crippen LogP contribution in [0.15, 0.2) is 47.8 Å². The zero-order chi connectivity index (χ0) is 11.0. The molecule has 0 radical (unpaired) electrons. The van der Waals surface area contributed by atoms with Gasteiger partial charge >= 0.3 is 0 Å². The van der Waals surface area contributed by atoms with Gasteiger partial charge in [0.2, 0.25) is 0 Å². The maximum Gasteiger partial charge on any atom is 0.184 e. The highest BCUT2D eigenvalue weighted by molar-refractivity contribution is 7.14. The van der Waals surface area contributed by atoms with Crippen molar-refractivity contribution in [1.29, 1.82) is 0 Å². The summed E-state index contributed by atoms with van der Waals surface area (Å²) >= 11 is 7.33. The van der Waals surface area contributed by atoms with Crippen LogP contribution in [0, 0.1) is 0 Å². The highest BCUT2D eigenvalue weighted by Crippen LogP contribution is 2.30. The molecule has 0 aliphatic heterocycles. The number of nitrogens with zero attached hydrogens (tertiary/aromatic N) is 1. The van der Waals surface area contributed by atoms with Crippen LogP contribution in [0.25, 0.3) is 22.0 Å². The monoisotopic (exact) mass is 245 g/mol. The summed E-state index contributed by atoms with van der Waals surface area (Å²) in [7, 11) is 0. The summed E-state index contributed by atoms with van der Waals surface area (Å²) in [6, 6.07) is 14.5. The first-order chi connectivity index (χ1) is 7.84. The number of halogens is 1. The lowest BCUT2D eigenvalue weighted by atomic mass is 10.0. The van der Waals surface area contributed by atoms with E-state index < -0.39 is 0 Å². The Morgan fingerprint density at radius 2 is 1.81 bits per heavy atom. The van der Waals surface area contributed by atoms with Crippen molar-refractivity contribution in [3.05, 3.63) is 52.3 Å². The molecule has 1 nitrogen and oxygen atoms in total. The summed E-state index contributed by atoms with van der Waals surface area (Å²) in [6.07, 6.45) is 0. The molecule has 0 aliphatic rings. The Morgan fingerprint density at radius 1 is 1.00 bits per heavy atom. The van der Waals surface area contributed by atoms with Crippen LogP contribution >= 0.6 is 22.9 Å². The number of benzene rings is 2. The van der Waals surface area contributed by atoms with Crippen molar-refractivity contribution in [2.45, 2.75) is 0 Å². The van der Waals surface area contributed by atoms with Gasteiger partial charge in [-0.25, -0.2) is 4.98 Å². The van der Waals surface area contributed by atoms with Gasteiger partial charge in [0.1, 0.15) is 0 Å². The molecule has 0 saturated heterocycles. The summed E-state index contributed by atoms with van der Waals surface area (Å²) in [5.41, 5.74) is 2.09. The topological polar surface area (TPSA) is 12.9 Å². The van der Waals surface area contributed by atoms with Crippen LogP contribution in [0.3, 0.4) is 0 Å². The third-order valence-electron chi connectivity index (χ3n) is 2.54. The predicted octanol–water partition coefficient (Wildman–Crippen LogP) is 4.62. The molecular formula is C13H8ClNS. The van der Waals surface area contributed by atoms with Crippen molar-refractivity contribution >= 4 is 33.7 Å². The number of fused-ring (bicyclic) bond motifs is 1. The summed E-state index contributed by atoms with van der Waals surface area (Å²) < 4.78 is 0.586. The number of aromatic nitrogens is 1. The minimum atomic E-state index is 0.586. The second-order valence-corrected chi connectivity index (χ2v) is 4.95. The van der Waals surface area contributed by atoms with E-state index in [-0.39, 0.29) is 0 Å². The second-order valence-electron chi connectivity index (χ2n) is 3.51. The highest BCUT2D eigenvalue weighted by atomic mass is 35.5. The molecule has 1 aromatic heterocycles. The molecule has 1 heterocycles. The zero-order valence-corrected chi connectivity index (χ0v) is 9.92. The second kappa shape index (κ2) is 3.89. The van der Waals surface area contributed by atoms with Crippen LogP contribution in [0.5, 0.6) is 0 Å². The largest absolute Gasteiger partial charge is 0.225 e. The Kier molecular flexibility index (Phi) is 2.39. The van der Waals surface area contributed by atoms with Gasteiger partial charge < -0.3 is 0 Å². The van der Waals surface area contributed by atoms with E-state index in [0.29, 0.717) is 4.47 Å². The fourth-order valence-electron chi connectivity index (χ4n) is 1.82. The summed E-state index contributed by atoms with van der Waals surface area (Å²) in [5, 5.41) is 4.43. The SMILES string of the molecule is Clc1nc(-c2cccc3ccccc23)cs1. The molecule has 0 bridgehead atoms. The number of hydrogen-bond donors (Lipinski definition) is 0. The molecule has 16 heavy (non-hydrogen) atoms.